The van der Waals surface area contributed by atoms with Gasteiger partial charge in [-0.25, -0.2) is 9.78 Å². The fourth-order valence-corrected chi connectivity index (χ4v) is 5.16. The maximum Gasteiger partial charge on any atom is 0.390 e. The molecule has 6 aromatic rings. The number of hydrogen-bond acceptors (Lipinski definition) is 8. The Bertz CT molecular complexity index is 1720. The third-order valence-electron chi connectivity index (χ3n) is 6.46. The summed E-state index contributed by atoms with van der Waals surface area (Å²) >= 11 is 1.16. The lowest BCUT2D eigenvalue weighted by Crippen LogP contribution is -2.35. The van der Waals surface area contributed by atoms with Crippen LogP contribution in [0.4, 0.5) is 5.13 Å². The Labute approximate surface area is 233 Å². The molecule has 196 valence electrons. The molecule has 0 amide bonds. The maximum absolute atomic E-state index is 14.0. The van der Waals surface area contributed by atoms with Crippen LogP contribution >= 0.6 is 11.3 Å². The molecule has 2 aromatic heterocycles. The predicted octanol–water partition coefficient (Wildman–Crippen LogP) is 4.76. The Balaban J connectivity index is 1.57. The van der Waals surface area contributed by atoms with Crippen molar-refractivity contribution in [3.8, 4) is 0 Å². The molecule has 0 atom stereocenters. The lowest BCUT2D eigenvalue weighted by atomic mass is 9.80. The van der Waals surface area contributed by atoms with Gasteiger partial charge in [-0.3, -0.25) is 0 Å². The van der Waals surface area contributed by atoms with Crippen LogP contribution in [0.1, 0.15) is 27.2 Å². The van der Waals surface area contributed by atoms with E-state index in [0.717, 1.165) is 32.7 Å². The van der Waals surface area contributed by atoms with E-state index in [9.17, 15) is 10.0 Å². The van der Waals surface area contributed by atoms with Crippen molar-refractivity contribution < 1.29 is 14.5 Å². The number of rotatable bonds is 7. The van der Waals surface area contributed by atoms with Crippen molar-refractivity contribution >= 4 is 39.1 Å². The molecule has 2 N–H and O–H groups in total. The van der Waals surface area contributed by atoms with E-state index in [1.54, 1.807) is 29.6 Å². The molecule has 0 fully saturated rings. The molecular weight excluding hydrogens is 524 g/mol. The largest absolute Gasteiger partial charge is 0.691 e. The molecule has 9 nitrogen and oxygen atoms in total. The Hall–Kier alpha value is -5.35. The number of fused-ring (bicyclic) bond motifs is 1. The number of para-hydroxylation sites is 2. The highest BCUT2D eigenvalue weighted by Crippen LogP contribution is 2.40. The number of nitrogens with zero attached hydrogens (tertiary/aromatic N) is 5. The molecular formula is C30H22N6O3S. The first-order chi connectivity index (χ1) is 19.6. The van der Waals surface area contributed by atoms with Gasteiger partial charge < -0.3 is 15.8 Å². The number of nitrogens with two attached hydrogens (primary N) is 1. The number of anilines is 1. The topological polar surface area (TPSA) is 122 Å². The van der Waals surface area contributed by atoms with Crippen molar-refractivity contribution in [2.75, 3.05) is 5.73 Å². The van der Waals surface area contributed by atoms with Crippen molar-refractivity contribution in [3.63, 3.8) is 0 Å². The van der Waals surface area contributed by atoms with Crippen molar-refractivity contribution in [2.45, 2.75) is 5.60 Å². The minimum Gasteiger partial charge on any atom is -0.691 e. The van der Waals surface area contributed by atoms with E-state index in [4.69, 9.17) is 10.6 Å². The van der Waals surface area contributed by atoms with Crippen LogP contribution in [0, 0.1) is 5.21 Å². The third kappa shape index (κ3) is 4.36. The van der Waals surface area contributed by atoms with E-state index in [0.29, 0.717) is 10.4 Å². The van der Waals surface area contributed by atoms with Crippen LogP contribution in [0.3, 0.4) is 0 Å². The molecule has 0 aliphatic rings. The van der Waals surface area contributed by atoms with Crippen molar-refractivity contribution in [3.05, 3.63) is 148 Å². The Kier molecular flexibility index (Phi) is 6.51. The van der Waals surface area contributed by atoms with E-state index < -0.39 is 11.5 Å². The van der Waals surface area contributed by atoms with E-state index in [1.165, 1.54) is 0 Å². The Morgan fingerprint density at radius 2 is 1.38 bits per heavy atom. The van der Waals surface area contributed by atoms with Crippen LogP contribution in [0.5, 0.6) is 0 Å². The number of benzene rings is 4. The number of thiazole rings is 1. The van der Waals surface area contributed by atoms with Gasteiger partial charge in [-0.15, -0.1) is 16.2 Å². The Morgan fingerprint density at radius 3 is 1.90 bits per heavy atom. The molecule has 0 bridgehead atoms. The molecule has 0 aliphatic heterocycles. The van der Waals surface area contributed by atoms with E-state index in [1.807, 2.05) is 91.0 Å². The second-order valence-electron chi connectivity index (χ2n) is 8.85. The summed E-state index contributed by atoms with van der Waals surface area (Å²) in [6.45, 7) is 0. The van der Waals surface area contributed by atoms with Gasteiger partial charge in [0.25, 0.3) is 0 Å². The summed E-state index contributed by atoms with van der Waals surface area (Å²) in [5.41, 5.74) is 7.68. The minimum absolute atomic E-state index is 0.158. The highest BCUT2D eigenvalue weighted by atomic mass is 32.1. The van der Waals surface area contributed by atoms with E-state index in [2.05, 4.69) is 15.4 Å². The van der Waals surface area contributed by atoms with Crippen molar-refractivity contribution in [2.24, 2.45) is 5.16 Å². The first-order valence-corrected chi connectivity index (χ1v) is 13.2. The van der Waals surface area contributed by atoms with Crippen LogP contribution in [0.15, 0.2) is 126 Å². The summed E-state index contributed by atoms with van der Waals surface area (Å²) in [6, 6.07) is 35.5. The molecule has 0 saturated carbocycles. The Morgan fingerprint density at radius 1 is 0.850 bits per heavy atom. The summed E-state index contributed by atoms with van der Waals surface area (Å²) in [5, 5.41) is 22.7. The van der Waals surface area contributed by atoms with E-state index >= 15 is 0 Å². The van der Waals surface area contributed by atoms with Gasteiger partial charge in [0.15, 0.2) is 5.13 Å². The molecule has 0 unspecified atom stereocenters. The standard InChI is InChI=1S/C30H22N6O3S/c31-29-32-24(20-40-29)27(28(37)35-25-18-10-11-19-26(25)36(38)34-35)33-39-30(21-12-4-1-5-13-21,22-14-6-2-7-15-22)23-16-8-3-9-17-23/h1-20H,(H2,31,32). The lowest BCUT2D eigenvalue weighted by Gasteiger charge is -2.33. The summed E-state index contributed by atoms with van der Waals surface area (Å²) in [6.07, 6.45) is 0. The van der Waals surface area contributed by atoms with Crippen LogP contribution in [0.25, 0.3) is 11.0 Å². The molecule has 0 aliphatic carbocycles. The van der Waals surface area contributed by atoms with Crippen LogP contribution in [-0.4, -0.2) is 26.5 Å². The monoisotopic (exact) mass is 546 g/mol. The highest BCUT2D eigenvalue weighted by Gasteiger charge is 2.40. The first kappa shape index (κ1) is 25.0. The zero-order valence-corrected chi connectivity index (χ0v) is 21.8. The fourth-order valence-electron chi connectivity index (χ4n) is 4.62. The summed E-state index contributed by atoms with van der Waals surface area (Å²) in [7, 11) is 0. The van der Waals surface area contributed by atoms with Gasteiger partial charge in [0.05, 0.1) is 0 Å². The number of nitrogen functional groups attached to an aromatic ring is 1. The highest BCUT2D eigenvalue weighted by molar-refractivity contribution is 7.13. The number of carbonyl (C=O) groups excluding carboxylic acids is 1. The van der Waals surface area contributed by atoms with Crippen molar-refractivity contribution in [1.82, 2.24) is 14.9 Å². The summed E-state index contributed by atoms with van der Waals surface area (Å²) < 4.78 is 0.995. The molecule has 10 heteroatoms. The maximum atomic E-state index is 14.0. The minimum atomic E-state index is -1.23. The lowest BCUT2D eigenvalue weighted by molar-refractivity contribution is -0.645. The van der Waals surface area contributed by atoms with Crippen molar-refractivity contribution in [1.29, 1.82) is 0 Å². The summed E-state index contributed by atoms with van der Waals surface area (Å²) in [4.78, 5) is 25.2. The second-order valence-corrected chi connectivity index (χ2v) is 9.74. The van der Waals surface area contributed by atoms with Gasteiger partial charge in [0.2, 0.25) is 22.3 Å². The fraction of sp³-hybridized carbons (Fsp3) is 0.0333. The van der Waals surface area contributed by atoms with Gasteiger partial charge in [0, 0.05) is 22.1 Å². The molecule has 0 spiro atoms. The van der Waals surface area contributed by atoms with Gasteiger partial charge in [-0.2, -0.15) is 0 Å². The first-order valence-electron chi connectivity index (χ1n) is 12.3. The van der Waals surface area contributed by atoms with Crippen LogP contribution in [-0.2, 0) is 10.4 Å². The smallest absolute Gasteiger partial charge is 0.390 e. The van der Waals surface area contributed by atoms with Gasteiger partial charge in [0.1, 0.15) is 10.9 Å². The third-order valence-corrected chi connectivity index (χ3v) is 7.13. The average molecular weight is 547 g/mol. The normalized spacial score (nSPS) is 11.9. The zero-order valence-electron chi connectivity index (χ0n) is 21.0. The quantitative estimate of drug-likeness (QED) is 0.101. The molecule has 4 aromatic carbocycles. The number of aromatic nitrogens is 4. The van der Waals surface area contributed by atoms with Gasteiger partial charge >= 0.3 is 5.91 Å². The predicted molar refractivity (Wildman–Crippen MR) is 153 cm³/mol. The molecule has 0 radical (unpaired) electrons. The number of oxime groups is 1. The molecule has 2 heterocycles. The van der Waals surface area contributed by atoms with Crippen LogP contribution < -0.4 is 10.6 Å². The molecule has 6 rings (SSSR count). The second kappa shape index (κ2) is 10.4. The average Bonchev–Trinajstić information content (AvgIpc) is 3.59. The molecule has 40 heavy (non-hydrogen) atoms. The zero-order chi connectivity index (χ0) is 27.5. The van der Waals surface area contributed by atoms with Crippen LogP contribution in [0.2, 0.25) is 0 Å². The van der Waals surface area contributed by atoms with Gasteiger partial charge in [-0.05, 0) is 12.1 Å². The van der Waals surface area contributed by atoms with E-state index in [-0.39, 0.29) is 22.1 Å². The number of hydrogen-bond donors (Lipinski definition) is 1. The summed E-state index contributed by atoms with van der Waals surface area (Å²) in [5.74, 6) is -0.695. The van der Waals surface area contributed by atoms with Gasteiger partial charge in [-0.1, -0.05) is 113 Å². The number of carbonyl (C=O) groups is 1. The SMILES string of the molecule is Nc1nc(C(=NOC(c2ccccc2)(c2ccccc2)c2ccccc2)C(=O)n2n[n+]([O-])c3ccccc32)cs1. The molecule has 0 saturated heterocycles.